The minimum atomic E-state index is 0.203. The van der Waals surface area contributed by atoms with Gasteiger partial charge in [0.15, 0.2) is 0 Å². The molecule has 0 saturated heterocycles. The van der Waals surface area contributed by atoms with E-state index in [1.165, 1.54) is 0 Å². The number of phenolic OH excluding ortho intramolecular Hbond substituents is 1. The molecule has 3 aromatic rings. The topological polar surface area (TPSA) is 64.1 Å². The number of hydrogen-bond acceptors (Lipinski definition) is 3. The van der Waals surface area contributed by atoms with E-state index in [2.05, 4.69) is 21.0 Å². The van der Waals surface area contributed by atoms with Crippen LogP contribution in [0.5, 0.6) is 5.75 Å². The number of fused-ring (bicyclic) bond motifs is 1. The number of benzene rings is 2. The third-order valence-corrected chi connectivity index (χ3v) is 3.68. The van der Waals surface area contributed by atoms with E-state index >= 15 is 0 Å². The number of rotatable bonds is 1. The molecule has 3 N–H and O–H groups in total. The zero-order chi connectivity index (χ0) is 13.6. The number of aromatic hydroxyl groups is 1. The van der Waals surface area contributed by atoms with Crippen molar-refractivity contribution in [2.75, 3.05) is 5.73 Å². The molecule has 0 radical (unpaired) electrons. The quantitative estimate of drug-likeness (QED) is 0.724. The van der Waals surface area contributed by atoms with Gasteiger partial charge >= 0.3 is 0 Å². The number of nitrogen functional groups attached to an aromatic ring is 1. The lowest BCUT2D eigenvalue weighted by molar-refractivity contribution is 0.478. The summed E-state index contributed by atoms with van der Waals surface area (Å²) >= 11 is 3.45. The summed E-state index contributed by atoms with van der Waals surface area (Å²) in [5.41, 5.74) is 7.39. The molecule has 0 unspecified atom stereocenters. The molecule has 0 aliphatic heterocycles. The third-order valence-electron chi connectivity index (χ3n) is 3.19. The molecule has 0 aliphatic carbocycles. The zero-order valence-electron chi connectivity index (χ0n) is 10.3. The highest BCUT2D eigenvalue weighted by Gasteiger charge is 2.12. The van der Waals surface area contributed by atoms with E-state index in [9.17, 15) is 5.11 Å². The molecule has 96 valence electrons. The van der Waals surface area contributed by atoms with Gasteiger partial charge in [-0.15, -0.1) is 0 Å². The van der Waals surface area contributed by atoms with Crippen molar-refractivity contribution in [2.45, 2.75) is 0 Å². The number of aryl methyl sites for hydroxylation is 1. The van der Waals surface area contributed by atoms with Gasteiger partial charge in [-0.25, -0.2) is 0 Å². The molecule has 1 heterocycles. The van der Waals surface area contributed by atoms with Gasteiger partial charge in [0.1, 0.15) is 11.6 Å². The second kappa shape index (κ2) is 4.28. The van der Waals surface area contributed by atoms with Crippen LogP contribution >= 0.6 is 15.9 Å². The van der Waals surface area contributed by atoms with Gasteiger partial charge in [-0.05, 0) is 35.0 Å². The van der Waals surface area contributed by atoms with Crippen molar-refractivity contribution in [1.82, 2.24) is 9.78 Å². The van der Waals surface area contributed by atoms with Crippen LogP contribution in [0.4, 0.5) is 5.82 Å². The van der Waals surface area contributed by atoms with Crippen molar-refractivity contribution < 1.29 is 5.11 Å². The Balaban J connectivity index is 2.29. The fourth-order valence-corrected chi connectivity index (χ4v) is 2.51. The first-order chi connectivity index (χ1) is 9.06. The molecule has 0 aliphatic rings. The van der Waals surface area contributed by atoms with Crippen LogP contribution in [-0.2, 0) is 7.05 Å². The van der Waals surface area contributed by atoms with E-state index in [1.807, 2.05) is 24.3 Å². The smallest absolute Gasteiger partial charge is 0.129 e. The molecule has 1 aromatic heterocycles. The molecule has 0 atom stereocenters. The summed E-state index contributed by atoms with van der Waals surface area (Å²) in [4.78, 5) is 0. The van der Waals surface area contributed by atoms with Crippen LogP contribution in [0.1, 0.15) is 0 Å². The fraction of sp³-hybridized carbons (Fsp3) is 0.0714. The monoisotopic (exact) mass is 317 g/mol. The fourth-order valence-electron chi connectivity index (χ4n) is 2.13. The maximum atomic E-state index is 10.2. The molecule has 0 bridgehead atoms. The second-order valence-corrected chi connectivity index (χ2v) is 5.34. The minimum absolute atomic E-state index is 0.203. The number of anilines is 1. The van der Waals surface area contributed by atoms with Gasteiger partial charge in [-0.3, -0.25) is 4.68 Å². The second-order valence-electron chi connectivity index (χ2n) is 4.43. The summed E-state index contributed by atoms with van der Waals surface area (Å²) in [7, 11) is 1.77. The van der Waals surface area contributed by atoms with Crippen molar-refractivity contribution >= 4 is 32.5 Å². The molecule has 5 heteroatoms. The highest BCUT2D eigenvalue weighted by Crippen LogP contribution is 2.36. The number of nitrogens with two attached hydrogens (primary N) is 1. The predicted octanol–water partition coefficient (Wildman–Crippen LogP) is 3.29. The molecule has 4 nitrogen and oxygen atoms in total. The van der Waals surface area contributed by atoms with Crippen LogP contribution in [0.3, 0.4) is 0 Å². The summed E-state index contributed by atoms with van der Waals surface area (Å²) in [5, 5.41) is 16.3. The van der Waals surface area contributed by atoms with Crippen molar-refractivity contribution in [3.05, 3.63) is 41.0 Å². The largest absolute Gasteiger partial charge is 0.507 e. The van der Waals surface area contributed by atoms with E-state index in [1.54, 1.807) is 24.0 Å². The Hall–Kier alpha value is -2.01. The Kier molecular flexibility index (Phi) is 2.71. The normalized spacial score (nSPS) is 11.1. The Bertz CT molecular complexity index is 780. The van der Waals surface area contributed by atoms with E-state index in [4.69, 9.17) is 5.73 Å². The van der Waals surface area contributed by atoms with Crippen LogP contribution in [0, 0.1) is 0 Å². The summed E-state index contributed by atoms with van der Waals surface area (Å²) in [6.45, 7) is 0. The Morgan fingerprint density at radius 2 is 1.95 bits per heavy atom. The molecule has 0 spiro atoms. The SMILES string of the molecule is Cn1ncc(-c2cc3cc(Br)ccc3cc2O)c1N. The highest BCUT2D eigenvalue weighted by atomic mass is 79.9. The average Bonchev–Trinajstić information content (AvgIpc) is 2.70. The zero-order valence-corrected chi connectivity index (χ0v) is 11.8. The highest BCUT2D eigenvalue weighted by molar-refractivity contribution is 9.10. The van der Waals surface area contributed by atoms with Gasteiger partial charge in [-0.1, -0.05) is 22.0 Å². The number of halogens is 1. The molecule has 0 amide bonds. The molecular weight excluding hydrogens is 306 g/mol. The van der Waals surface area contributed by atoms with Crippen LogP contribution in [0.2, 0.25) is 0 Å². The van der Waals surface area contributed by atoms with Crippen LogP contribution in [-0.4, -0.2) is 14.9 Å². The number of aromatic nitrogens is 2. The van der Waals surface area contributed by atoms with E-state index < -0.39 is 0 Å². The van der Waals surface area contributed by atoms with Gasteiger partial charge in [0.2, 0.25) is 0 Å². The van der Waals surface area contributed by atoms with Gasteiger partial charge in [0.25, 0.3) is 0 Å². The molecule has 0 saturated carbocycles. The molecule has 3 rings (SSSR count). The number of hydrogen-bond donors (Lipinski definition) is 2. The predicted molar refractivity (Wildman–Crippen MR) is 79.9 cm³/mol. The van der Waals surface area contributed by atoms with Crippen LogP contribution < -0.4 is 5.73 Å². The van der Waals surface area contributed by atoms with Crippen molar-refractivity contribution in [3.63, 3.8) is 0 Å². The maximum Gasteiger partial charge on any atom is 0.129 e. The lowest BCUT2D eigenvalue weighted by atomic mass is 10.0. The maximum absolute atomic E-state index is 10.2. The Morgan fingerprint density at radius 3 is 2.63 bits per heavy atom. The Morgan fingerprint density at radius 1 is 1.16 bits per heavy atom. The van der Waals surface area contributed by atoms with E-state index in [0.29, 0.717) is 11.4 Å². The van der Waals surface area contributed by atoms with Crippen LogP contribution in [0.15, 0.2) is 41.0 Å². The summed E-state index contributed by atoms with van der Waals surface area (Å²) < 4.78 is 2.58. The van der Waals surface area contributed by atoms with Crippen molar-refractivity contribution in [1.29, 1.82) is 0 Å². The third kappa shape index (κ3) is 1.96. The first-order valence-corrected chi connectivity index (χ1v) is 6.55. The standard InChI is InChI=1S/C14H12BrN3O/c1-18-14(16)12(7-17-18)11-5-9-4-10(15)3-2-8(9)6-13(11)19/h2-7,19H,16H2,1H3. The van der Waals surface area contributed by atoms with Gasteiger partial charge in [0, 0.05) is 22.6 Å². The van der Waals surface area contributed by atoms with E-state index in [0.717, 1.165) is 20.8 Å². The molecule has 0 fully saturated rings. The number of nitrogens with zero attached hydrogens (tertiary/aromatic N) is 2. The first kappa shape index (κ1) is 12.0. The summed E-state index contributed by atoms with van der Waals surface area (Å²) in [6, 6.07) is 9.56. The lowest BCUT2D eigenvalue weighted by Gasteiger charge is -2.07. The molecular formula is C14H12BrN3O. The van der Waals surface area contributed by atoms with Gasteiger partial charge in [-0.2, -0.15) is 5.10 Å². The first-order valence-electron chi connectivity index (χ1n) is 5.76. The minimum Gasteiger partial charge on any atom is -0.507 e. The van der Waals surface area contributed by atoms with E-state index in [-0.39, 0.29) is 5.75 Å². The van der Waals surface area contributed by atoms with Crippen LogP contribution in [0.25, 0.3) is 21.9 Å². The van der Waals surface area contributed by atoms with Crippen molar-refractivity contribution in [3.8, 4) is 16.9 Å². The lowest BCUT2D eigenvalue weighted by Crippen LogP contribution is -1.98. The molecule has 19 heavy (non-hydrogen) atoms. The number of phenols is 1. The van der Waals surface area contributed by atoms with Crippen molar-refractivity contribution in [2.24, 2.45) is 7.05 Å². The van der Waals surface area contributed by atoms with Gasteiger partial charge in [0.05, 0.1) is 6.20 Å². The Labute approximate surface area is 118 Å². The summed E-state index contributed by atoms with van der Waals surface area (Å²) in [5.74, 6) is 0.735. The average molecular weight is 318 g/mol. The summed E-state index contributed by atoms with van der Waals surface area (Å²) in [6.07, 6.45) is 1.66. The molecule has 2 aromatic carbocycles. The van der Waals surface area contributed by atoms with Gasteiger partial charge < -0.3 is 10.8 Å².